The Labute approximate surface area is 242 Å². The van der Waals surface area contributed by atoms with Crippen LogP contribution in [0.1, 0.15) is 68.2 Å². The van der Waals surface area contributed by atoms with Crippen LogP contribution >= 0.6 is 0 Å². The topological polar surface area (TPSA) is 151 Å². The maximum Gasteiger partial charge on any atom is 0.408 e. The summed E-state index contributed by atoms with van der Waals surface area (Å²) in [6.07, 6.45) is -0.180. The average Bonchev–Trinajstić information content (AvgIpc) is 3.65. The van der Waals surface area contributed by atoms with Crippen molar-refractivity contribution in [2.45, 2.75) is 96.4 Å². The molecule has 0 spiro atoms. The molecule has 1 aromatic carbocycles. The molecule has 4 atom stereocenters. The van der Waals surface area contributed by atoms with Crippen molar-refractivity contribution >= 4 is 33.8 Å². The number of benzene rings is 1. The van der Waals surface area contributed by atoms with Crippen molar-refractivity contribution in [1.82, 2.24) is 20.3 Å². The number of hydrogen-bond acceptors (Lipinski definition) is 7. The number of rotatable bonds is 7. The van der Waals surface area contributed by atoms with Gasteiger partial charge in [0.05, 0.1) is 4.90 Å². The molecule has 1 saturated heterocycles. The zero-order chi connectivity index (χ0) is 30.8. The maximum absolute atomic E-state index is 14.0. The van der Waals surface area contributed by atoms with Gasteiger partial charge in [0.15, 0.2) is 0 Å². The molecule has 11 nitrogen and oxygen atoms in total. The van der Waals surface area contributed by atoms with Gasteiger partial charge in [-0.15, -0.1) is 0 Å². The van der Waals surface area contributed by atoms with E-state index in [1.54, 1.807) is 39.0 Å². The van der Waals surface area contributed by atoms with E-state index in [0.717, 1.165) is 0 Å². The zero-order valence-electron chi connectivity index (χ0n) is 25.0. The Morgan fingerprint density at radius 2 is 1.59 bits per heavy atom. The van der Waals surface area contributed by atoms with Crippen molar-refractivity contribution in [2.75, 3.05) is 6.54 Å². The summed E-state index contributed by atoms with van der Waals surface area (Å²) in [5.41, 5.74) is -3.02. The lowest BCUT2D eigenvalue weighted by atomic mass is 9.85. The summed E-state index contributed by atoms with van der Waals surface area (Å²) in [5, 5.41) is 5.50. The van der Waals surface area contributed by atoms with Gasteiger partial charge in [0, 0.05) is 6.54 Å². The number of hydrogen-bond donors (Lipinski definition) is 3. The van der Waals surface area contributed by atoms with Gasteiger partial charge in [-0.1, -0.05) is 52.8 Å². The summed E-state index contributed by atoms with van der Waals surface area (Å²) in [5.74, 6) is -1.79. The van der Waals surface area contributed by atoms with E-state index in [-0.39, 0.29) is 35.0 Å². The second-order valence-electron chi connectivity index (χ2n) is 14.2. The highest BCUT2D eigenvalue weighted by molar-refractivity contribution is 7.90. The molecule has 3 fully saturated rings. The lowest BCUT2D eigenvalue weighted by Gasteiger charge is -2.38. The van der Waals surface area contributed by atoms with Gasteiger partial charge in [0.2, 0.25) is 11.8 Å². The summed E-state index contributed by atoms with van der Waals surface area (Å²) in [6.45, 7) is 15.0. The minimum atomic E-state index is -4.12. The molecule has 3 N–H and O–H groups in total. The Morgan fingerprint density at radius 3 is 2.10 bits per heavy atom. The van der Waals surface area contributed by atoms with E-state index in [1.165, 1.54) is 17.0 Å². The molecule has 0 aromatic heterocycles. The largest absolute Gasteiger partial charge is 0.444 e. The van der Waals surface area contributed by atoms with E-state index in [1.807, 2.05) is 34.6 Å². The van der Waals surface area contributed by atoms with Crippen LogP contribution in [0.4, 0.5) is 4.79 Å². The number of fused-ring (bicyclic) bond motifs is 1. The molecular formula is C29H42N4O7S. The predicted octanol–water partition coefficient (Wildman–Crippen LogP) is 2.56. The number of alkyl carbamates (subject to hydrolysis) is 1. The summed E-state index contributed by atoms with van der Waals surface area (Å²) in [7, 11) is -4.12. The van der Waals surface area contributed by atoms with E-state index in [0.29, 0.717) is 6.54 Å². The monoisotopic (exact) mass is 590 g/mol. The fourth-order valence-corrected chi connectivity index (χ4v) is 6.85. The van der Waals surface area contributed by atoms with Gasteiger partial charge >= 0.3 is 6.09 Å². The van der Waals surface area contributed by atoms with Crippen LogP contribution in [0.5, 0.6) is 0 Å². The predicted molar refractivity (Wildman–Crippen MR) is 151 cm³/mol. The van der Waals surface area contributed by atoms with Crippen LogP contribution in [0.15, 0.2) is 35.2 Å². The summed E-state index contributed by atoms with van der Waals surface area (Å²) in [6, 6.07) is 5.68. The van der Waals surface area contributed by atoms with Crippen molar-refractivity contribution in [2.24, 2.45) is 22.7 Å². The number of sulfonamides is 1. The number of nitrogens with one attached hydrogen (secondary N) is 3. The Morgan fingerprint density at radius 1 is 1.00 bits per heavy atom. The first-order valence-electron chi connectivity index (χ1n) is 13.9. The highest BCUT2D eigenvalue weighted by atomic mass is 32.2. The van der Waals surface area contributed by atoms with Crippen molar-refractivity contribution in [3.8, 4) is 0 Å². The molecule has 3 unspecified atom stereocenters. The van der Waals surface area contributed by atoms with E-state index in [9.17, 15) is 27.6 Å². The molecule has 0 bridgehead atoms. The summed E-state index contributed by atoms with van der Waals surface area (Å²) >= 11 is 0. The standard InChI is InChI=1S/C29H42N4O7S/c1-26(2,3)21(30-25(37)40-27(4,5)6)23(35)33-16-18-19(28(18,7)8)20(33)22(34)31-29(14-15-29)24(36)32-41(38,39)17-12-10-9-11-13-17/h9-13,18-21H,14-16H2,1-8H3,(H,30,37)(H,31,34)(H,32,36)/t18?,19?,20-,21?/m0/s1. The van der Waals surface area contributed by atoms with E-state index in [4.69, 9.17) is 4.74 Å². The molecule has 41 heavy (non-hydrogen) atoms. The minimum Gasteiger partial charge on any atom is -0.444 e. The average molecular weight is 591 g/mol. The Bertz CT molecular complexity index is 1340. The number of likely N-dealkylation sites (tertiary alicyclic amines) is 1. The SMILES string of the molecule is CC(C)(C)OC(=O)NC(C(=O)N1CC2C([C@H]1C(=O)NC1(C(=O)NS(=O)(=O)c3ccccc3)CC1)C2(C)C)C(C)(C)C. The first-order valence-corrected chi connectivity index (χ1v) is 15.4. The number of piperidine rings is 1. The van der Waals surface area contributed by atoms with Gasteiger partial charge < -0.3 is 20.3 Å². The number of carbonyl (C=O) groups is 4. The van der Waals surface area contributed by atoms with Crippen LogP contribution in [-0.4, -0.2) is 66.9 Å². The Balaban J connectivity index is 1.53. The van der Waals surface area contributed by atoms with Gasteiger partial charge in [-0.3, -0.25) is 14.4 Å². The second-order valence-corrected chi connectivity index (χ2v) is 15.8. The highest BCUT2D eigenvalue weighted by Crippen LogP contribution is 2.65. The molecule has 1 aromatic rings. The first-order chi connectivity index (χ1) is 18.7. The molecule has 226 valence electrons. The van der Waals surface area contributed by atoms with E-state index < -0.39 is 62.5 Å². The molecule has 0 radical (unpaired) electrons. The highest BCUT2D eigenvalue weighted by Gasteiger charge is 2.70. The van der Waals surface area contributed by atoms with Gasteiger partial charge in [0.25, 0.3) is 15.9 Å². The summed E-state index contributed by atoms with van der Waals surface area (Å²) in [4.78, 5) is 55.0. The third kappa shape index (κ3) is 6.22. The number of nitrogens with zero attached hydrogens (tertiary/aromatic N) is 1. The first kappa shape index (κ1) is 30.8. The van der Waals surface area contributed by atoms with Crippen LogP contribution in [0.25, 0.3) is 0 Å². The van der Waals surface area contributed by atoms with Crippen LogP contribution in [-0.2, 0) is 29.1 Å². The van der Waals surface area contributed by atoms with E-state index >= 15 is 0 Å². The third-order valence-electron chi connectivity index (χ3n) is 8.36. The van der Waals surface area contributed by atoms with Crippen LogP contribution < -0.4 is 15.4 Å². The molecule has 4 rings (SSSR count). The van der Waals surface area contributed by atoms with Gasteiger partial charge in [-0.05, 0) is 68.4 Å². The van der Waals surface area contributed by atoms with Crippen LogP contribution in [0, 0.1) is 22.7 Å². The fraction of sp³-hybridized carbons (Fsp3) is 0.655. The van der Waals surface area contributed by atoms with Crippen molar-refractivity contribution in [1.29, 1.82) is 0 Å². The quantitative estimate of drug-likeness (QED) is 0.442. The van der Waals surface area contributed by atoms with Gasteiger partial charge in [-0.2, -0.15) is 0 Å². The Kier molecular flexibility index (Phi) is 7.51. The molecule has 1 aliphatic heterocycles. The second kappa shape index (κ2) is 9.99. The molecule has 2 aliphatic carbocycles. The van der Waals surface area contributed by atoms with E-state index in [2.05, 4.69) is 15.4 Å². The lowest BCUT2D eigenvalue weighted by Crippen LogP contribution is -2.61. The third-order valence-corrected chi connectivity index (χ3v) is 9.71. The minimum absolute atomic E-state index is 0.0590. The molecular weight excluding hydrogens is 548 g/mol. The molecule has 1 heterocycles. The van der Waals surface area contributed by atoms with Crippen molar-refractivity contribution < 1.29 is 32.3 Å². The van der Waals surface area contributed by atoms with Crippen molar-refractivity contribution in [3.63, 3.8) is 0 Å². The normalized spacial score (nSPS) is 24.9. The number of carbonyl (C=O) groups excluding carboxylic acids is 4. The fourth-order valence-electron chi connectivity index (χ4n) is 5.78. The van der Waals surface area contributed by atoms with Crippen LogP contribution in [0.3, 0.4) is 0 Å². The molecule has 12 heteroatoms. The summed E-state index contributed by atoms with van der Waals surface area (Å²) < 4.78 is 33.0. The number of amides is 4. The molecule has 3 aliphatic rings. The van der Waals surface area contributed by atoms with Crippen molar-refractivity contribution in [3.05, 3.63) is 30.3 Å². The Hall–Kier alpha value is -3.15. The number of ether oxygens (including phenoxy) is 1. The molecule has 4 amide bonds. The maximum atomic E-state index is 14.0. The van der Waals surface area contributed by atoms with Gasteiger partial charge in [0.1, 0.15) is 23.2 Å². The smallest absolute Gasteiger partial charge is 0.408 e. The van der Waals surface area contributed by atoms with Crippen LogP contribution in [0.2, 0.25) is 0 Å². The van der Waals surface area contributed by atoms with Gasteiger partial charge in [-0.25, -0.2) is 17.9 Å². The zero-order valence-corrected chi connectivity index (χ0v) is 25.8. The lowest BCUT2D eigenvalue weighted by molar-refractivity contribution is -0.144. The molecule has 2 saturated carbocycles.